The normalized spacial score (nSPS) is 22.2. The maximum absolute atomic E-state index is 15.4. The molecular formula is C22H28F3N5O3S. The van der Waals surface area contributed by atoms with Crippen molar-refractivity contribution in [3.63, 3.8) is 0 Å². The van der Waals surface area contributed by atoms with Crippen LogP contribution in [0.3, 0.4) is 0 Å². The topological polar surface area (TPSA) is 87.7 Å². The van der Waals surface area contributed by atoms with E-state index in [9.17, 15) is 17.2 Å². The van der Waals surface area contributed by atoms with E-state index in [2.05, 4.69) is 15.3 Å². The largest absolute Gasteiger partial charge is 0.377 e. The molecule has 0 amide bonds. The molecule has 0 bridgehead atoms. The molecule has 0 radical (unpaired) electrons. The molecule has 34 heavy (non-hydrogen) atoms. The Morgan fingerprint density at radius 3 is 2.59 bits per heavy atom. The fourth-order valence-corrected chi connectivity index (χ4v) is 5.24. The van der Waals surface area contributed by atoms with E-state index in [-0.39, 0.29) is 29.7 Å². The number of anilines is 2. The standard InChI is InChI=1S/C22H28F3N5O3S/c1-22(24,25)17-5-3-16(4-6-17)18-13-33-10-9-30(18)21-19(23)20(27-14-28-21)26-11-15-7-8-29(12-15)34(2,31)32/h3-6,14-15,18H,7-13H2,1-2H3,(H,26,27,28). The number of morpholine rings is 1. The lowest BCUT2D eigenvalue weighted by Crippen LogP contribution is -2.40. The summed E-state index contributed by atoms with van der Waals surface area (Å²) >= 11 is 0. The third kappa shape index (κ3) is 5.44. The first-order valence-electron chi connectivity index (χ1n) is 11.1. The first-order chi connectivity index (χ1) is 16.0. The number of nitrogens with zero attached hydrogens (tertiary/aromatic N) is 4. The van der Waals surface area contributed by atoms with Gasteiger partial charge in [0.15, 0.2) is 11.6 Å². The second-order valence-corrected chi connectivity index (χ2v) is 10.8. The van der Waals surface area contributed by atoms with Gasteiger partial charge in [-0.2, -0.15) is 4.39 Å². The van der Waals surface area contributed by atoms with E-state index >= 15 is 4.39 Å². The molecule has 8 nitrogen and oxygen atoms in total. The van der Waals surface area contributed by atoms with Gasteiger partial charge in [0, 0.05) is 38.7 Å². The van der Waals surface area contributed by atoms with E-state index in [0.717, 1.165) is 6.92 Å². The summed E-state index contributed by atoms with van der Waals surface area (Å²) in [5.74, 6) is -3.39. The highest BCUT2D eigenvalue weighted by Crippen LogP contribution is 2.34. The van der Waals surface area contributed by atoms with Gasteiger partial charge in [0.25, 0.3) is 5.92 Å². The molecule has 1 aromatic carbocycles. The minimum absolute atomic E-state index is 0.0361. The van der Waals surface area contributed by atoms with Gasteiger partial charge in [-0.25, -0.2) is 31.5 Å². The number of benzene rings is 1. The number of sulfonamides is 1. The Bertz CT molecular complexity index is 1110. The van der Waals surface area contributed by atoms with Crippen LogP contribution < -0.4 is 10.2 Å². The van der Waals surface area contributed by atoms with Gasteiger partial charge in [0.05, 0.1) is 25.5 Å². The molecule has 2 saturated heterocycles. The van der Waals surface area contributed by atoms with Crippen LogP contribution in [0, 0.1) is 11.7 Å². The molecule has 0 spiro atoms. The summed E-state index contributed by atoms with van der Waals surface area (Å²) in [6, 6.07) is 5.54. The molecule has 2 aliphatic heterocycles. The number of hydrogen-bond acceptors (Lipinski definition) is 7. The summed E-state index contributed by atoms with van der Waals surface area (Å²) in [5.41, 5.74) is 0.618. The fraction of sp³-hybridized carbons (Fsp3) is 0.545. The molecule has 2 aliphatic rings. The first-order valence-corrected chi connectivity index (χ1v) is 12.9. The molecule has 186 valence electrons. The molecule has 12 heteroatoms. The Morgan fingerprint density at radius 1 is 1.21 bits per heavy atom. The van der Waals surface area contributed by atoms with Crippen LogP contribution in [0.2, 0.25) is 0 Å². The van der Waals surface area contributed by atoms with Crippen molar-refractivity contribution in [3.8, 4) is 0 Å². The number of hydrogen-bond donors (Lipinski definition) is 1. The highest BCUT2D eigenvalue weighted by molar-refractivity contribution is 7.88. The van der Waals surface area contributed by atoms with Gasteiger partial charge >= 0.3 is 0 Å². The molecule has 2 atom stereocenters. The van der Waals surface area contributed by atoms with Gasteiger partial charge in [-0.1, -0.05) is 24.3 Å². The first kappa shape index (κ1) is 24.7. The van der Waals surface area contributed by atoms with Crippen LogP contribution in [0.1, 0.15) is 30.5 Å². The fourth-order valence-electron chi connectivity index (χ4n) is 4.32. The minimum Gasteiger partial charge on any atom is -0.377 e. The van der Waals surface area contributed by atoms with Crippen molar-refractivity contribution in [3.05, 3.63) is 47.5 Å². The Kier molecular flexibility index (Phi) is 7.02. The van der Waals surface area contributed by atoms with E-state index in [0.29, 0.717) is 44.8 Å². The SMILES string of the molecule is CC(F)(F)c1ccc(C2COCCN2c2ncnc(NCC3CCN(S(C)(=O)=O)C3)c2F)cc1. The molecule has 4 rings (SSSR count). The predicted octanol–water partition coefficient (Wildman–Crippen LogP) is 3.00. The van der Waals surface area contributed by atoms with Crippen molar-refractivity contribution >= 4 is 21.7 Å². The van der Waals surface area contributed by atoms with Crippen LogP contribution in [0.25, 0.3) is 0 Å². The van der Waals surface area contributed by atoms with Crippen molar-refractivity contribution in [1.29, 1.82) is 0 Å². The van der Waals surface area contributed by atoms with Crippen LogP contribution in [0.15, 0.2) is 30.6 Å². The third-order valence-electron chi connectivity index (χ3n) is 6.25. The molecule has 0 aliphatic carbocycles. The van der Waals surface area contributed by atoms with Gasteiger partial charge in [0.1, 0.15) is 6.33 Å². The number of rotatable bonds is 7. The molecule has 2 aromatic rings. The Balaban J connectivity index is 1.50. The number of halogens is 3. The number of aromatic nitrogens is 2. The van der Waals surface area contributed by atoms with E-state index in [1.807, 2.05) is 0 Å². The van der Waals surface area contributed by atoms with E-state index < -0.39 is 27.8 Å². The second-order valence-electron chi connectivity index (χ2n) is 8.81. The quantitative estimate of drug-likeness (QED) is 0.627. The molecule has 2 fully saturated rings. The lowest BCUT2D eigenvalue weighted by Gasteiger charge is -2.37. The van der Waals surface area contributed by atoms with Gasteiger partial charge in [-0.15, -0.1) is 0 Å². The van der Waals surface area contributed by atoms with Crippen molar-refractivity contribution in [2.24, 2.45) is 5.92 Å². The maximum Gasteiger partial charge on any atom is 0.270 e. The monoisotopic (exact) mass is 499 g/mol. The zero-order valence-electron chi connectivity index (χ0n) is 19.0. The third-order valence-corrected chi connectivity index (χ3v) is 7.52. The minimum atomic E-state index is -3.25. The summed E-state index contributed by atoms with van der Waals surface area (Å²) in [5, 5.41) is 3.00. The van der Waals surface area contributed by atoms with Crippen molar-refractivity contribution in [2.45, 2.75) is 25.3 Å². The van der Waals surface area contributed by atoms with E-state index in [1.165, 1.54) is 29.0 Å². The molecule has 0 saturated carbocycles. The van der Waals surface area contributed by atoms with Crippen LogP contribution in [-0.2, 0) is 20.7 Å². The maximum atomic E-state index is 15.4. The lowest BCUT2D eigenvalue weighted by molar-refractivity contribution is 0.0174. The van der Waals surface area contributed by atoms with Gasteiger partial charge in [0.2, 0.25) is 15.8 Å². The Morgan fingerprint density at radius 2 is 1.94 bits per heavy atom. The molecule has 1 N–H and O–H groups in total. The lowest BCUT2D eigenvalue weighted by atomic mass is 10.0. The zero-order chi connectivity index (χ0) is 24.5. The smallest absolute Gasteiger partial charge is 0.270 e. The second kappa shape index (κ2) is 9.67. The van der Waals surface area contributed by atoms with Crippen LogP contribution in [0.5, 0.6) is 0 Å². The Labute approximate surface area is 197 Å². The average molecular weight is 500 g/mol. The van der Waals surface area contributed by atoms with Crippen molar-refractivity contribution in [2.75, 3.05) is 55.9 Å². The summed E-state index contributed by atoms with van der Waals surface area (Å²) in [6.45, 7) is 3.04. The van der Waals surface area contributed by atoms with Gasteiger partial charge in [-0.05, 0) is 17.9 Å². The molecular weight excluding hydrogens is 471 g/mol. The molecule has 1 aromatic heterocycles. The molecule has 2 unspecified atom stereocenters. The number of alkyl halides is 2. The van der Waals surface area contributed by atoms with Gasteiger partial charge in [-0.3, -0.25) is 0 Å². The highest BCUT2D eigenvalue weighted by atomic mass is 32.2. The highest BCUT2D eigenvalue weighted by Gasteiger charge is 2.32. The Hall–Kier alpha value is -2.44. The predicted molar refractivity (Wildman–Crippen MR) is 122 cm³/mol. The zero-order valence-corrected chi connectivity index (χ0v) is 19.9. The van der Waals surface area contributed by atoms with Gasteiger partial charge < -0.3 is 15.0 Å². The van der Waals surface area contributed by atoms with Crippen molar-refractivity contribution < 1.29 is 26.3 Å². The van der Waals surface area contributed by atoms with Crippen LogP contribution >= 0.6 is 0 Å². The summed E-state index contributed by atoms with van der Waals surface area (Å²) in [4.78, 5) is 9.94. The summed E-state index contributed by atoms with van der Waals surface area (Å²) in [6.07, 6.45) is 3.13. The van der Waals surface area contributed by atoms with Crippen LogP contribution in [0.4, 0.5) is 24.8 Å². The summed E-state index contributed by atoms with van der Waals surface area (Å²) < 4.78 is 73.0. The van der Waals surface area contributed by atoms with Crippen LogP contribution in [-0.4, -0.2) is 68.3 Å². The number of ether oxygens (including phenoxy) is 1. The number of nitrogens with one attached hydrogen (secondary N) is 1. The molecule has 3 heterocycles. The average Bonchev–Trinajstić information content (AvgIpc) is 3.28. The summed E-state index contributed by atoms with van der Waals surface area (Å²) in [7, 11) is -3.25. The van der Waals surface area contributed by atoms with Crippen molar-refractivity contribution in [1.82, 2.24) is 14.3 Å². The van der Waals surface area contributed by atoms with E-state index in [1.54, 1.807) is 17.0 Å². The van der Waals surface area contributed by atoms with E-state index in [4.69, 9.17) is 4.74 Å².